The lowest BCUT2D eigenvalue weighted by atomic mass is 10.0. The van der Waals surface area contributed by atoms with Crippen LogP contribution in [0.4, 0.5) is 0 Å². The van der Waals surface area contributed by atoms with Crippen LogP contribution in [0.1, 0.15) is 54.4 Å². The summed E-state index contributed by atoms with van der Waals surface area (Å²) in [4.78, 5) is 2.58. The van der Waals surface area contributed by atoms with E-state index in [-0.39, 0.29) is 5.60 Å². The molecule has 0 aromatic rings. The van der Waals surface area contributed by atoms with Crippen LogP contribution in [0.15, 0.2) is 0 Å². The van der Waals surface area contributed by atoms with Crippen molar-refractivity contribution in [3.8, 4) is 0 Å². The van der Waals surface area contributed by atoms with Crippen LogP contribution in [0.2, 0.25) is 0 Å². The largest absolute Gasteiger partial charge is 0.370 e. The maximum absolute atomic E-state index is 5.97. The molecule has 0 aromatic carbocycles. The van der Waals surface area contributed by atoms with Crippen LogP contribution in [-0.2, 0) is 4.74 Å². The Morgan fingerprint density at radius 2 is 2.06 bits per heavy atom. The van der Waals surface area contributed by atoms with Crippen molar-refractivity contribution in [2.45, 2.75) is 78.2 Å². The molecule has 0 amide bonds. The first-order valence-corrected chi connectivity index (χ1v) is 7.49. The smallest absolute Gasteiger partial charge is 0.0757 e. The Morgan fingerprint density at radius 1 is 1.39 bits per heavy atom. The second-order valence-electron chi connectivity index (χ2n) is 6.56. The van der Waals surface area contributed by atoms with Crippen molar-refractivity contribution in [2.24, 2.45) is 0 Å². The van der Waals surface area contributed by atoms with Gasteiger partial charge in [-0.15, -0.1) is 0 Å². The number of rotatable bonds is 6. The summed E-state index contributed by atoms with van der Waals surface area (Å²) in [5.41, 5.74) is -0.00792. The molecule has 3 unspecified atom stereocenters. The fraction of sp³-hybridized carbons (Fsp3) is 1.00. The molecule has 1 aliphatic heterocycles. The van der Waals surface area contributed by atoms with Crippen LogP contribution in [0, 0.1) is 0 Å². The molecule has 1 heterocycles. The molecule has 0 saturated carbocycles. The van der Waals surface area contributed by atoms with E-state index in [1.54, 1.807) is 0 Å². The highest BCUT2D eigenvalue weighted by Gasteiger charge is 2.33. The first-order valence-electron chi connectivity index (χ1n) is 7.49. The highest BCUT2D eigenvalue weighted by Crippen LogP contribution is 2.23. The fourth-order valence-corrected chi connectivity index (χ4v) is 2.97. The predicted molar refractivity (Wildman–Crippen MR) is 78.0 cm³/mol. The molecule has 0 spiro atoms. The molecule has 3 heteroatoms. The Hall–Kier alpha value is -0.120. The highest BCUT2D eigenvalue weighted by atomic mass is 16.5. The minimum absolute atomic E-state index is 0.00792. The fourth-order valence-electron chi connectivity index (χ4n) is 2.97. The maximum Gasteiger partial charge on any atom is 0.0757 e. The molecular weight excluding hydrogens is 224 g/mol. The maximum atomic E-state index is 5.97. The minimum Gasteiger partial charge on any atom is -0.370 e. The molecular formula is C15H32N2O. The third-order valence-electron chi connectivity index (χ3n) is 3.66. The highest BCUT2D eigenvalue weighted by molar-refractivity contribution is 4.86. The molecule has 3 atom stereocenters. The molecule has 18 heavy (non-hydrogen) atoms. The average molecular weight is 256 g/mol. The van der Waals surface area contributed by atoms with Crippen molar-refractivity contribution in [1.29, 1.82) is 0 Å². The first kappa shape index (κ1) is 15.9. The van der Waals surface area contributed by atoms with Gasteiger partial charge in [0.2, 0.25) is 0 Å². The van der Waals surface area contributed by atoms with Crippen molar-refractivity contribution < 1.29 is 4.74 Å². The summed E-state index contributed by atoms with van der Waals surface area (Å²) in [7, 11) is 0. The van der Waals surface area contributed by atoms with Gasteiger partial charge in [-0.1, -0.05) is 6.92 Å². The molecule has 1 rings (SSSR count). The van der Waals surface area contributed by atoms with E-state index in [9.17, 15) is 0 Å². The van der Waals surface area contributed by atoms with E-state index in [1.807, 2.05) is 0 Å². The summed E-state index contributed by atoms with van der Waals surface area (Å²) in [5.74, 6) is 0. The van der Waals surface area contributed by atoms with E-state index in [4.69, 9.17) is 4.74 Å². The normalized spacial score (nSPS) is 28.0. The molecule has 0 aliphatic carbocycles. The lowest BCUT2D eigenvalue weighted by Crippen LogP contribution is -2.55. The van der Waals surface area contributed by atoms with E-state index in [1.165, 1.54) is 12.8 Å². The Bertz CT molecular complexity index is 243. The van der Waals surface area contributed by atoms with Gasteiger partial charge in [0.15, 0.2) is 0 Å². The van der Waals surface area contributed by atoms with Gasteiger partial charge in [-0.25, -0.2) is 0 Å². The molecule has 1 fully saturated rings. The van der Waals surface area contributed by atoms with Crippen LogP contribution in [0.25, 0.3) is 0 Å². The lowest BCUT2D eigenvalue weighted by Gasteiger charge is -2.44. The third kappa shape index (κ3) is 5.25. The van der Waals surface area contributed by atoms with Crippen LogP contribution >= 0.6 is 0 Å². The Morgan fingerprint density at radius 3 is 2.61 bits per heavy atom. The summed E-state index contributed by atoms with van der Waals surface area (Å²) in [5, 5.41) is 3.58. The van der Waals surface area contributed by atoms with Crippen molar-refractivity contribution in [2.75, 3.05) is 19.6 Å². The summed E-state index contributed by atoms with van der Waals surface area (Å²) < 4.78 is 5.97. The number of ether oxygens (including phenoxy) is 1. The van der Waals surface area contributed by atoms with Crippen LogP contribution in [0.3, 0.4) is 0 Å². The summed E-state index contributed by atoms with van der Waals surface area (Å²) in [6.07, 6.45) is 2.76. The summed E-state index contributed by atoms with van der Waals surface area (Å²) in [6.45, 7) is 16.7. The Balaban J connectivity index is 2.43. The van der Waals surface area contributed by atoms with Crippen LogP contribution < -0.4 is 5.32 Å². The van der Waals surface area contributed by atoms with Gasteiger partial charge in [-0.2, -0.15) is 0 Å². The van der Waals surface area contributed by atoms with E-state index in [2.05, 4.69) is 51.8 Å². The van der Waals surface area contributed by atoms with Crippen molar-refractivity contribution in [3.63, 3.8) is 0 Å². The van der Waals surface area contributed by atoms with Crippen LogP contribution in [0.5, 0.6) is 0 Å². The van der Waals surface area contributed by atoms with Gasteiger partial charge in [0, 0.05) is 25.2 Å². The standard InChI is InChI=1S/C15H32N2O/c1-7-8-16-12(2)9-13(3)17-10-14(4)18-15(5,6)11-17/h12-14,16H,7-11H2,1-6H3. The van der Waals surface area contributed by atoms with E-state index < -0.39 is 0 Å². The monoisotopic (exact) mass is 256 g/mol. The Labute approximate surface area is 113 Å². The van der Waals surface area contributed by atoms with Gasteiger partial charge < -0.3 is 10.1 Å². The minimum atomic E-state index is -0.00792. The topological polar surface area (TPSA) is 24.5 Å². The number of morpholine rings is 1. The zero-order valence-corrected chi connectivity index (χ0v) is 13.1. The van der Waals surface area contributed by atoms with Crippen molar-refractivity contribution in [3.05, 3.63) is 0 Å². The molecule has 1 N–H and O–H groups in total. The Kier molecular flexibility index (Phi) is 6.09. The molecule has 108 valence electrons. The number of nitrogens with zero attached hydrogens (tertiary/aromatic N) is 1. The SMILES string of the molecule is CCCNC(C)CC(C)N1CC(C)OC(C)(C)C1. The van der Waals surface area contributed by atoms with Crippen molar-refractivity contribution in [1.82, 2.24) is 10.2 Å². The second-order valence-corrected chi connectivity index (χ2v) is 6.56. The molecule has 0 bridgehead atoms. The molecule has 0 aromatic heterocycles. The summed E-state index contributed by atoms with van der Waals surface area (Å²) >= 11 is 0. The lowest BCUT2D eigenvalue weighted by molar-refractivity contribution is -0.137. The molecule has 1 aliphatic rings. The second kappa shape index (κ2) is 6.88. The molecule has 0 radical (unpaired) electrons. The third-order valence-corrected chi connectivity index (χ3v) is 3.66. The van der Waals surface area contributed by atoms with Crippen molar-refractivity contribution >= 4 is 0 Å². The summed E-state index contributed by atoms with van der Waals surface area (Å²) in [6, 6.07) is 1.22. The van der Waals surface area contributed by atoms with E-state index in [0.29, 0.717) is 18.2 Å². The van der Waals surface area contributed by atoms with E-state index >= 15 is 0 Å². The van der Waals surface area contributed by atoms with Gasteiger partial charge in [-0.3, -0.25) is 4.90 Å². The van der Waals surface area contributed by atoms with Crippen LogP contribution in [-0.4, -0.2) is 48.3 Å². The number of nitrogens with one attached hydrogen (secondary N) is 1. The van der Waals surface area contributed by atoms with Gasteiger partial charge in [0.1, 0.15) is 0 Å². The zero-order chi connectivity index (χ0) is 13.8. The van der Waals surface area contributed by atoms with Gasteiger partial charge >= 0.3 is 0 Å². The van der Waals surface area contributed by atoms with Gasteiger partial charge in [0.25, 0.3) is 0 Å². The van der Waals surface area contributed by atoms with Gasteiger partial charge in [0.05, 0.1) is 11.7 Å². The predicted octanol–water partition coefficient (Wildman–Crippen LogP) is 2.65. The zero-order valence-electron chi connectivity index (χ0n) is 13.1. The number of hydrogen-bond donors (Lipinski definition) is 1. The molecule has 1 saturated heterocycles. The number of hydrogen-bond acceptors (Lipinski definition) is 3. The average Bonchev–Trinajstić information content (AvgIpc) is 2.23. The quantitative estimate of drug-likeness (QED) is 0.791. The first-order chi connectivity index (χ1) is 8.34. The van der Waals surface area contributed by atoms with E-state index in [0.717, 1.165) is 19.6 Å². The van der Waals surface area contributed by atoms with Gasteiger partial charge in [-0.05, 0) is 54.0 Å². The molecule has 3 nitrogen and oxygen atoms in total.